The molecular weight excluding hydrogens is 883 g/mol. The maximum absolute atomic E-state index is 15.0. The van der Waals surface area contributed by atoms with Crippen LogP contribution in [0.4, 0.5) is 0 Å². The maximum Gasteiger partial charge on any atom is 0.329 e. The van der Waals surface area contributed by atoms with Crippen molar-refractivity contribution < 1.29 is 57.2 Å². The lowest BCUT2D eigenvalue weighted by molar-refractivity contribution is -0.302. The van der Waals surface area contributed by atoms with Crippen LogP contribution in [0, 0.1) is 29.6 Å². The fraction of sp³-hybridized carbons (Fsp3) is 0.796. The van der Waals surface area contributed by atoms with Crippen LogP contribution in [0.3, 0.4) is 0 Å². The van der Waals surface area contributed by atoms with Crippen LogP contribution in [0.5, 0.6) is 0 Å². The number of carbonyl (C=O) groups is 5. The molecule has 3 aliphatic heterocycles. The van der Waals surface area contributed by atoms with Gasteiger partial charge in [0.2, 0.25) is 14.1 Å². The van der Waals surface area contributed by atoms with Crippen molar-refractivity contribution in [2.24, 2.45) is 29.6 Å². The molecule has 1 N–H and O–H groups in total. The summed E-state index contributed by atoms with van der Waals surface area (Å²) in [5.74, 6) is -7.07. The van der Waals surface area contributed by atoms with Crippen LogP contribution in [0.2, 0.25) is 16.6 Å². The number of esters is 1. The first-order valence-corrected chi connectivity index (χ1v) is 28.0. The number of aliphatic hydroxyl groups is 1. The molecule has 13 unspecified atom stereocenters. The van der Waals surface area contributed by atoms with Crippen LogP contribution in [-0.2, 0) is 52.1 Å². The number of allylic oxidation sites excluding steroid dienone is 3. The second-order valence-electron chi connectivity index (χ2n) is 21.8. The molecule has 4 rings (SSSR count). The number of amides is 1. The summed E-state index contributed by atoms with van der Waals surface area (Å²) in [6.45, 7) is 29.1. The highest BCUT2D eigenvalue weighted by molar-refractivity contribution is 6.77. The van der Waals surface area contributed by atoms with Gasteiger partial charge < -0.3 is 38.1 Å². The molecule has 386 valence electrons. The summed E-state index contributed by atoms with van der Waals surface area (Å²) < 4.78 is 38.5. The van der Waals surface area contributed by atoms with E-state index in [4.69, 9.17) is 28.1 Å². The SMILES string of the molecule is C=CCOC1CC(C=C(C)C2OC(=O)C3CCCCN3C(=O)C(=O)C3(O)OC(C(OC)CC(C)CC(C)=CC(CC)C(=O)CC(O[Si](C(C)C)(C(C)C)C(C)C)C2C)C(OC)CC3C)CCC1=O. The van der Waals surface area contributed by atoms with Gasteiger partial charge in [-0.15, -0.1) is 6.58 Å². The van der Waals surface area contributed by atoms with E-state index in [9.17, 15) is 29.1 Å². The Morgan fingerprint density at radius 1 is 0.912 bits per heavy atom. The minimum Gasteiger partial charge on any atom is -0.456 e. The van der Waals surface area contributed by atoms with Crippen molar-refractivity contribution in [2.45, 2.75) is 219 Å². The topological polar surface area (TPSA) is 164 Å². The first-order valence-electron chi connectivity index (χ1n) is 25.8. The Morgan fingerprint density at radius 3 is 2.13 bits per heavy atom. The number of Topliss-reactive ketones (excluding diaryl/α,β-unsaturated/α-hetero) is 3. The number of cyclic esters (lactones) is 1. The molecule has 1 amide bonds. The fourth-order valence-electron chi connectivity index (χ4n) is 12.2. The van der Waals surface area contributed by atoms with Gasteiger partial charge in [0.1, 0.15) is 30.1 Å². The van der Waals surface area contributed by atoms with Gasteiger partial charge in [-0.1, -0.05) is 93.0 Å². The molecule has 3 heterocycles. The molecule has 2 saturated heterocycles. The number of rotatable bonds is 13. The summed E-state index contributed by atoms with van der Waals surface area (Å²) >= 11 is 0. The quantitative estimate of drug-likeness (QED) is 0.0806. The fourth-order valence-corrected chi connectivity index (χ4v) is 17.8. The van der Waals surface area contributed by atoms with Crippen molar-refractivity contribution in [3.05, 3.63) is 36.0 Å². The van der Waals surface area contributed by atoms with Crippen LogP contribution in [0.15, 0.2) is 36.0 Å². The van der Waals surface area contributed by atoms with Gasteiger partial charge in [0, 0.05) is 51.4 Å². The third kappa shape index (κ3) is 13.4. The predicted molar refractivity (Wildman–Crippen MR) is 266 cm³/mol. The Bertz CT molecular complexity index is 1790. The van der Waals surface area contributed by atoms with E-state index in [1.54, 1.807) is 27.2 Å². The monoisotopic (exact) mass is 972 g/mol. The van der Waals surface area contributed by atoms with Crippen LogP contribution in [0.1, 0.15) is 154 Å². The average Bonchev–Trinajstić information content (AvgIpc) is 3.29. The third-order valence-electron chi connectivity index (χ3n) is 15.9. The van der Waals surface area contributed by atoms with E-state index < -0.39 is 92.2 Å². The van der Waals surface area contributed by atoms with Gasteiger partial charge >= 0.3 is 5.97 Å². The molecule has 0 aromatic heterocycles. The number of hydrogen-bond acceptors (Lipinski definition) is 12. The Kier molecular flexibility index (Phi) is 21.6. The Hall–Kier alpha value is -2.85. The molecule has 14 heteroatoms. The molecular formula is C54H89NO12Si. The van der Waals surface area contributed by atoms with Gasteiger partial charge in [-0.2, -0.15) is 0 Å². The lowest BCUT2D eigenvalue weighted by atomic mass is 9.82. The van der Waals surface area contributed by atoms with Gasteiger partial charge in [0.15, 0.2) is 5.78 Å². The van der Waals surface area contributed by atoms with Crippen molar-refractivity contribution in [3.8, 4) is 0 Å². The van der Waals surface area contributed by atoms with Crippen LogP contribution in [0.25, 0.3) is 0 Å². The zero-order valence-corrected chi connectivity index (χ0v) is 45.2. The van der Waals surface area contributed by atoms with Gasteiger partial charge in [0.25, 0.3) is 11.7 Å². The van der Waals surface area contributed by atoms with Crippen molar-refractivity contribution in [1.29, 1.82) is 0 Å². The standard InChI is InChI=1S/C54H89NO12Si/c1-16-24-64-46-30-40(21-22-43(46)56)28-37(11)49-39(13)45(67-68(32(3)4,33(5)6)34(7)8)31-44(57)41(17-2)26-35(9)25-36(10)27-47(62-14)50-48(63-15)29-38(12)54(61,66-50)51(58)52(59)55-23-19-18-20-42(55)53(60)65-49/h16,26,28,32-34,36,38-42,45-50,61H,1,17-25,27,29-31H2,2-15H3. The second-order valence-corrected chi connectivity index (χ2v) is 27.2. The van der Waals surface area contributed by atoms with Crippen molar-refractivity contribution in [3.63, 3.8) is 0 Å². The molecule has 0 radical (unpaired) electrons. The summed E-state index contributed by atoms with van der Waals surface area (Å²) in [5, 5.41) is 12.3. The minimum atomic E-state index is -2.67. The summed E-state index contributed by atoms with van der Waals surface area (Å²) in [6.07, 6.45) is 6.40. The first kappa shape index (κ1) is 57.7. The third-order valence-corrected chi connectivity index (χ3v) is 22.0. The van der Waals surface area contributed by atoms with Gasteiger partial charge in [-0.05, 0) is 106 Å². The number of piperidine rings is 1. The lowest BCUT2D eigenvalue weighted by Crippen LogP contribution is -2.64. The molecule has 13 nitrogen and oxygen atoms in total. The van der Waals surface area contributed by atoms with Crippen LogP contribution in [-0.4, -0.2) is 123 Å². The van der Waals surface area contributed by atoms with Gasteiger partial charge in [-0.25, -0.2) is 4.79 Å². The Morgan fingerprint density at radius 2 is 1.54 bits per heavy atom. The molecule has 1 aliphatic carbocycles. The molecule has 0 aromatic carbocycles. The zero-order chi connectivity index (χ0) is 50.8. The molecule has 68 heavy (non-hydrogen) atoms. The summed E-state index contributed by atoms with van der Waals surface area (Å²) in [6, 6.07) is -1.13. The molecule has 4 aliphatic rings. The van der Waals surface area contributed by atoms with E-state index >= 15 is 0 Å². The maximum atomic E-state index is 15.0. The summed E-state index contributed by atoms with van der Waals surface area (Å²) in [5.41, 5.74) is 2.37. The largest absolute Gasteiger partial charge is 0.456 e. The van der Waals surface area contributed by atoms with Gasteiger partial charge in [-0.3, -0.25) is 19.2 Å². The Balaban J connectivity index is 1.93. The van der Waals surface area contributed by atoms with Crippen molar-refractivity contribution in [1.82, 2.24) is 4.90 Å². The van der Waals surface area contributed by atoms with E-state index in [1.165, 1.54) is 4.90 Å². The second kappa shape index (κ2) is 25.5. The van der Waals surface area contributed by atoms with E-state index in [-0.39, 0.29) is 72.4 Å². The number of ketones is 3. The molecule has 0 aromatic rings. The molecule has 0 spiro atoms. The van der Waals surface area contributed by atoms with Gasteiger partial charge in [0.05, 0.1) is 24.9 Å². The molecule has 1 saturated carbocycles. The zero-order valence-electron chi connectivity index (χ0n) is 44.2. The highest BCUT2D eigenvalue weighted by atomic mass is 28.4. The lowest BCUT2D eigenvalue weighted by Gasteiger charge is -2.47. The number of fused-ring (bicyclic) bond motifs is 3. The number of nitrogens with zero attached hydrogens (tertiary/aromatic N) is 1. The smallest absolute Gasteiger partial charge is 0.329 e. The first-order chi connectivity index (χ1) is 32.0. The highest BCUT2D eigenvalue weighted by Crippen LogP contribution is 2.46. The molecule has 3 fully saturated rings. The van der Waals surface area contributed by atoms with E-state index in [0.717, 1.165) is 11.1 Å². The Labute approximate surface area is 410 Å². The van der Waals surface area contributed by atoms with Crippen molar-refractivity contribution in [2.75, 3.05) is 27.4 Å². The number of carbonyl (C=O) groups excluding carboxylic acids is 5. The van der Waals surface area contributed by atoms with E-state index in [0.29, 0.717) is 51.4 Å². The minimum absolute atomic E-state index is 0.0357. The summed E-state index contributed by atoms with van der Waals surface area (Å²) in [4.78, 5) is 73.2. The predicted octanol–water partition coefficient (Wildman–Crippen LogP) is 9.44. The number of ether oxygens (including phenoxy) is 5. The average molecular weight is 972 g/mol. The number of hydrogen-bond donors (Lipinski definition) is 1. The van der Waals surface area contributed by atoms with E-state index in [2.05, 4.69) is 67.2 Å². The summed E-state index contributed by atoms with van der Waals surface area (Å²) in [7, 11) is 0.441. The normalized spacial score (nSPS) is 35.0. The van der Waals surface area contributed by atoms with Crippen LogP contribution >= 0.6 is 0 Å². The van der Waals surface area contributed by atoms with Crippen LogP contribution < -0.4 is 0 Å². The molecule has 2 bridgehead atoms. The highest BCUT2D eigenvalue weighted by Gasteiger charge is 2.57. The van der Waals surface area contributed by atoms with E-state index in [1.807, 2.05) is 27.7 Å². The van der Waals surface area contributed by atoms with Crippen molar-refractivity contribution >= 4 is 37.5 Å². The number of methoxy groups -OCH3 is 2. The molecule has 13 atom stereocenters.